The van der Waals surface area contributed by atoms with Gasteiger partial charge in [0.2, 0.25) is 12.3 Å². The van der Waals surface area contributed by atoms with Gasteiger partial charge in [0.05, 0.1) is 7.11 Å². The van der Waals surface area contributed by atoms with E-state index in [-0.39, 0.29) is 11.8 Å². The van der Waals surface area contributed by atoms with Gasteiger partial charge in [-0.3, -0.25) is 9.59 Å². The van der Waals surface area contributed by atoms with Crippen molar-refractivity contribution >= 4 is 18.0 Å². The molecule has 162 valence electrons. The lowest BCUT2D eigenvalue weighted by Gasteiger charge is -2.15. The number of nitrogens with zero attached hydrogens (tertiary/aromatic N) is 1. The Hall–Kier alpha value is -3.93. The highest BCUT2D eigenvalue weighted by atomic mass is 16.5. The summed E-state index contributed by atoms with van der Waals surface area (Å²) < 4.78 is 7.05. The monoisotopic (exact) mass is 428 g/mol. The number of hydrazine groups is 1. The topological polar surface area (TPSA) is 70.4 Å². The molecule has 1 saturated heterocycles. The largest absolute Gasteiger partial charge is 0.497 e. The SMILES string of the molecule is COc1ccc([C@@H]2[C@H](NC(=O)c3ccc(C)cc3)C(=O)N/[N+]2=C\c2ccccc2C)cc1. The van der Waals surface area contributed by atoms with Crippen molar-refractivity contribution in [2.24, 2.45) is 0 Å². The van der Waals surface area contributed by atoms with Crippen LogP contribution >= 0.6 is 0 Å². The number of methoxy groups -OCH3 is 1. The molecule has 6 nitrogen and oxygen atoms in total. The summed E-state index contributed by atoms with van der Waals surface area (Å²) >= 11 is 0. The second-order valence-electron chi connectivity index (χ2n) is 7.90. The van der Waals surface area contributed by atoms with Crippen molar-refractivity contribution in [2.45, 2.75) is 25.9 Å². The number of carbonyl (C=O) groups excluding carboxylic acids is 2. The number of aryl methyl sites for hydroxylation is 2. The first kappa shape index (κ1) is 21.3. The Bertz CT molecular complexity index is 1170. The lowest BCUT2D eigenvalue weighted by molar-refractivity contribution is -0.596. The standard InChI is InChI=1S/C26H25N3O3/c1-17-8-10-20(11-9-17)25(30)27-23-24(19-12-14-22(32-3)15-13-19)29(28-26(23)31)16-21-7-5-4-6-18(21)2/h4-16,23-24H,1-3H3,(H-,27,28,30,31)/p+1/b29-16-/t23-,24+/m0/s1. The first-order valence-electron chi connectivity index (χ1n) is 10.5. The fourth-order valence-electron chi connectivity index (χ4n) is 3.79. The number of ether oxygens (including phenoxy) is 1. The summed E-state index contributed by atoms with van der Waals surface area (Å²) in [6, 6.07) is 21.5. The number of nitrogens with one attached hydrogen (secondary N) is 2. The molecule has 3 aromatic carbocycles. The van der Waals surface area contributed by atoms with Crippen molar-refractivity contribution in [1.29, 1.82) is 0 Å². The average Bonchev–Trinajstić information content (AvgIpc) is 3.10. The van der Waals surface area contributed by atoms with Crippen LogP contribution in [-0.4, -0.2) is 35.9 Å². The number of hydrogen-bond donors (Lipinski definition) is 2. The smallest absolute Gasteiger partial charge is 0.304 e. The molecular weight excluding hydrogens is 402 g/mol. The van der Waals surface area contributed by atoms with Crippen molar-refractivity contribution in [3.8, 4) is 5.75 Å². The molecule has 0 aromatic heterocycles. The maximum absolute atomic E-state index is 13.0. The highest BCUT2D eigenvalue weighted by Crippen LogP contribution is 2.27. The molecule has 0 saturated carbocycles. The zero-order valence-electron chi connectivity index (χ0n) is 18.3. The first-order valence-corrected chi connectivity index (χ1v) is 10.5. The molecule has 2 N–H and O–H groups in total. The van der Waals surface area contributed by atoms with Gasteiger partial charge >= 0.3 is 5.91 Å². The van der Waals surface area contributed by atoms with Crippen LogP contribution in [0.1, 0.15) is 38.7 Å². The summed E-state index contributed by atoms with van der Waals surface area (Å²) in [7, 11) is 1.61. The normalized spacial score (nSPS) is 19.0. The summed E-state index contributed by atoms with van der Waals surface area (Å²) in [5, 5.41) is 2.93. The van der Waals surface area contributed by atoms with Gasteiger partial charge in [0.15, 0.2) is 6.04 Å². The summed E-state index contributed by atoms with van der Waals surface area (Å²) in [4.78, 5) is 25.9. The molecule has 0 aliphatic carbocycles. The van der Waals surface area contributed by atoms with E-state index >= 15 is 0 Å². The molecular formula is C26H26N3O3+. The Morgan fingerprint density at radius 3 is 2.34 bits per heavy atom. The molecule has 1 heterocycles. The van der Waals surface area contributed by atoms with Gasteiger partial charge in [-0.2, -0.15) is 0 Å². The van der Waals surface area contributed by atoms with E-state index in [1.54, 1.807) is 23.9 Å². The summed E-state index contributed by atoms with van der Waals surface area (Å²) in [6.45, 7) is 3.98. The molecule has 32 heavy (non-hydrogen) atoms. The molecule has 1 aliphatic heterocycles. The Morgan fingerprint density at radius 1 is 1.00 bits per heavy atom. The maximum atomic E-state index is 13.0. The molecule has 6 heteroatoms. The van der Waals surface area contributed by atoms with Gasteiger partial charge in [-0.15, -0.1) is 10.1 Å². The van der Waals surface area contributed by atoms with Crippen molar-refractivity contribution in [3.05, 3.63) is 101 Å². The molecule has 0 bridgehead atoms. The fraction of sp³-hybridized carbons (Fsp3) is 0.192. The molecule has 3 aromatic rings. The predicted molar refractivity (Wildman–Crippen MR) is 123 cm³/mol. The molecule has 0 unspecified atom stereocenters. The summed E-state index contributed by atoms with van der Waals surface area (Å²) in [5.41, 5.74) is 7.44. The van der Waals surface area contributed by atoms with Gasteiger partial charge < -0.3 is 10.1 Å². The average molecular weight is 429 g/mol. The van der Waals surface area contributed by atoms with Crippen LogP contribution < -0.4 is 15.5 Å². The van der Waals surface area contributed by atoms with Gasteiger partial charge in [0, 0.05) is 16.7 Å². The second-order valence-corrected chi connectivity index (χ2v) is 7.90. The van der Waals surface area contributed by atoms with Gasteiger partial charge in [-0.1, -0.05) is 35.9 Å². The van der Waals surface area contributed by atoms with Crippen LogP contribution in [0.25, 0.3) is 0 Å². The number of carbonyl (C=O) groups is 2. The number of benzene rings is 3. The van der Waals surface area contributed by atoms with Crippen molar-refractivity contribution in [2.75, 3.05) is 7.11 Å². The highest BCUT2D eigenvalue weighted by molar-refractivity contribution is 5.98. The minimum absolute atomic E-state index is 0.267. The van der Waals surface area contributed by atoms with E-state index in [0.29, 0.717) is 5.56 Å². The maximum Gasteiger partial charge on any atom is 0.304 e. The minimum Gasteiger partial charge on any atom is -0.497 e. The van der Waals surface area contributed by atoms with E-state index < -0.39 is 12.1 Å². The van der Waals surface area contributed by atoms with Gasteiger partial charge in [-0.25, -0.2) is 0 Å². The fourth-order valence-corrected chi connectivity index (χ4v) is 3.79. The molecule has 2 atom stereocenters. The van der Waals surface area contributed by atoms with E-state index in [2.05, 4.69) is 10.7 Å². The second kappa shape index (κ2) is 9.06. The molecule has 0 spiro atoms. The number of amides is 2. The third-order valence-corrected chi connectivity index (χ3v) is 5.66. The lowest BCUT2D eigenvalue weighted by atomic mass is 9.99. The van der Waals surface area contributed by atoms with Gasteiger partial charge in [0.25, 0.3) is 5.91 Å². The predicted octanol–water partition coefficient (Wildman–Crippen LogP) is 3.33. The van der Waals surface area contributed by atoms with Crippen molar-refractivity contribution < 1.29 is 19.0 Å². The third-order valence-electron chi connectivity index (χ3n) is 5.66. The van der Waals surface area contributed by atoms with E-state index in [1.807, 2.05) is 80.7 Å². The Labute approximate surface area is 187 Å². The van der Waals surface area contributed by atoms with Crippen LogP contribution in [0.5, 0.6) is 5.75 Å². The van der Waals surface area contributed by atoms with Crippen LogP contribution in [0.2, 0.25) is 0 Å². The summed E-state index contributed by atoms with van der Waals surface area (Å²) in [6.07, 6.45) is 1.90. The Kier molecular flexibility index (Phi) is 6.03. The molecule has 4 rings (SSSR count). The first-order chi connectivity index (χ1) is 15.5. The molecule has 1 aliphatic rings. The Balaban J connectivity index is 1.71. The van der Waals surface area contributed by atoms with Crippen LogP contribution in [0.4, 0.5) is 0 Å². The third kappa shape index (κ3) is 4.39. The molecule has 1 fully saturated rings. The van der Waals surface area contributed by atoms with E-state index in [0.717, 1.165) is 28.0 Å². The highest BCUT2D eigenvalue weighted by Gasteiger charge is 2.47. The van der Waals surface area contributed by atoms with Crippen LogP contribution in [-0.2, 0) is 4.79 Å². The van der Waals surface area contributed by atoms with Crippen molar-refractivity contribution in [3.63, 3.8) is 0 Å². The van der Waals surface area contributed by atoms with E-state index in [1.165, 1.54) is 0 Å². The van der Waals surface area contributed by atoms with Crippen molar-refractivity contribution in [1.82, 2.24) is 10.7 Å². The van der Waals surface area contributed by atoms with E-state index in [9.17, 15) is 9.59 Å². The molecule has 2 amide bonds. The zero-order chi connectivity index (χ0) is 22.7. The van der Waals surface area contributed by atoms with Crippen LogP contribution in [0.3, 0.4) is 0 Å². The number of hydrogen-bond acceptors (Lipinski definition) is 3. The van der Waals surface area contributed by atoms with Gasteiger partial charge in [0.1, 0.15) is 5.75 Å². The minimum atomic E-state index is -0.766. The number of rotatable bonds is 5. The zero-order valence-corrected chi connectivity index (χ0v) is 18.3. The quantitative estimate of drug-likeness (QED) is 0.613. The molecule has 0 radical (unpaired) electrons. The Morgan fingerprint density at radius 2 is 1.69 bits per heavy atom. The van der Waals surface area contributed by atoms with Crippen LogP contribution in [0.15, 0.2) is 72.8 Å². The van der Waals surface area contributed by atoms with Gasteiger partial charge in [-0.05, 0) is 61.9 Å². The van der Waals surface area contributed by atoms with Crippen LogP contribution in [0, 0.1) is 13.8 Å². The van der Waals surface area contributed by atoms with E-state index in [4.69, 9.17) is 4.74 Å². The summed E-state index contributed by atoms with van der Waals surface area (Å²) in [5.74, 6) is 0.165. The lowest BCUT2D eigenvalue weighted by Crippen LogP contribution is -2.42. The number of hydrazone groups is 1.